The van der Waals surface area contributed by atoms with Gasteiger partial charge in [0.25, 0.3) is 0 Å². The van der Waals surface area contributed by atoms with Gasteiger partial charge in [-0.3, -0.25) is 0 Å². The smallest absolute Gasteiger partial charge is 0.0732 e. The number of benzene rings is 12. The highest BCUT2D eigenvalue weighted by Crippen LogP contribution is 2.66. The van der Waals surface area contributed by atoms with Crippen LogP contribution in [0.1, 0.15) is 22.3 Å². The van der Waals surface area contributed by atoms with Gasteiger partial charge in [0.05, 0.1) is 11.1 Å². The molecule has 0 amide bonds. The van der Waals surface area contributed by atoms with Gasteiger partial charge in [0.1, 0.15) is 0 Å². The average molecular weight is 903 g/mol. The van der Waals surface area contributed by atoms with E-state index in [1.807, 2.05) is 0 Å². The number of hydrogen-bond acceptors (Lipinski definition) is 2. The van der Waals surface area contributed by atoms with E-state index in [-0.39, 0.29) is 0 Å². The van der Waals surface area contributed by atoms with E-state index in [4.69, 9.17) is 0 Å². The molecule has 0 fully saturated rings. The third-order valence-electron chi connectivity index (χ3n) is 15.0. The highest BCUT2D eigenvalue weighted by molar-refractivity contribution is 6.15. The van der Waals surface area contributed by atoms with Crippen molar-refractivity contribution in [2.45, 2.75) is 5.41 Å². The van der Waals surface area contributed by atoms with Crippen molar-refractivity contribution in [1.29, 1.82) is 0 Å². The van der Waals surface area contributed by atoms with Gasteiger partial charge >= 0.3 is 0 Å². The van der Waals surface area contributed by atoms with Crippen LogP contribution in [-0.4, -0.2) is 0 Å². The first-order chi connectivity index (χ1) is 35.2. The summed E-state index contributed by atoms with van der Waals surface area (Å²) in [6, 6.07) is 103. The Hall–Kier alpha value is -9.24. The minimum absolute atomic E-state index is 0.616. The van der Waals surface area contributed by atoms with Gasteiger partial charge in [-0.2, -0.15) is 0 Å². The molecular weight excluding hydrogens is 857 g/mol. The quantitative estimate of drug-likeness (QED) is 0.150. The van der Waals surface area contributed by atoms with Gasteiger partial charge in [0.2, 0.25) is 0 Å². The van der Waals surface area contributed by atoms with Crippen molar-refractivity contribution < 1.29 is 0 Å². The lowest BCUT2D eigenvalue weighted by molar-refractivity contribution is 0.802. The molecule has 332 valence electrons. The Bertz CT molecular complexity index is 3950. The number of anilines is 6. The van der Waals surface area contributed by atoms with Gasteiger partial charge < -0.3 is 9.80 Å². The fraction of sp³-hybridized carbons (Fsp3) is 0.0145. The van der Waals surface area contributed by atoms with Crippen LogP contribution in [0.3, 0.4) is 0 Å². The van der Waals surface area contributed by atoms with Crippen LogP contribution < -0.4 is 9.80 Å². The molecule has 0 N–H and O–H groups in total. The fourth-order valence-electron chi connectivity index (χ4n) is 12.1. The molecule has 14 rings (SSSR count). The average Bonchev–Trinajstić information content (AvgIpc) is 3.95. The van der Waals surface area contributed by atoms with Crippen molar-refractivity contribution >= 4 is 55.7 Å². The van der Waals surface area contributed by atoms with Crippen LogP contribution in [-0.2, 0) is 5.41 Å². The second-order valence-electron chi connectivity index (χ2n) is 18.8. The molecule has 0 saturated carbocycles. The van der Waals surface area contributed by atoms with Gasteiger partial charge in [-0.05, 0) is 150 Å². The first kappa shape index (κ1) is 40.8. The summed E-state index contributed by atoms with van der Waals surface area (Å²) in [5, 5.41) is 4.89. The molecule has 1 spiro atoms. The standard InChI is InChI=1S/C69H46N2/c1-5-21-47(22-6-1)49-25-19-31-54(43-49)70(52-27-9-3-10-28-52)56-40-42-57-51(45-56)39-41-62-67-61-36-14-13-35-60(61)66(46-65(67)69(68(57)62)63-37-17-15-33-58(63)59-34-16-18-38-64(59)69)71(53-29-11-4-12-30-53)55-32-20-26-50(44-55)48-23-7-2-8-24-48/h1-46H. The number of hydrogen-bond donors (Lipinski definition) is 0. The van der Waals surface area contributed by atoms with Gasteiger partial charge in [-0.15, -0.1) is 0 Å². The molecular formula is C69H46N2. The first-order valence-electron chi connectivity index (χ1n) is 24.6. The topological polar surface area (TPSA) is 6.48 Å². The van der Waals surface area contributed by atoms with Crippen LogP contribution in [0.15, 0.2) is 279 Å². The van der Waals surface area contributed by atoms with Gasteiger partial charge in [0, 0.05) is 33.8 Å². The Morgan fingerprint density at radius 1 is 0.254 bits per heavy atom. The fourth-order valence-corrected chi connectivity index (χ4v) is 12.1. The molecule has 0 atom stereocenters. The van der Waals surface area contributed by atoms with Crippen molar-refractivity contribution in [3.8, 4) is 44.5 Å². The van der Waals surface area contributed by atoms with Crippen LogP contribution in [0.2, 0.25) is 0 Å². The molecule has 0 aliphatic heterocycles. The molecule has 12 aromatic rings. The molecule has 0 aromatic heterocycles. The first-order valence-corrected chi connectivity index (χ1v) is 24.6. The van der Waals surface area contributed by atoms with Crippen molar-refractivity contribution in [2.24, 2.45) is 0 Å². The Balaban J connectivity index is 1.04. The maximum absolute atomic E-state index is 2.55. The van der Waals surface area contributed by atoms with E-state index in [9.17, 15) is 0 Å². The molecule has 71 heavy (non-hydrogen) atoms. The van der Waals surface area contributed by atoms with Gasteiger partial charge in [-0.25, -0.2) is 0 Å². The summed E-state index contributed by atoms with van der Waals surface area (Å²) in [5.41, 5.74) is 21.2. The zero-order chi connectivity index (χ0) is 46.9. The SMILES string of the molecule is c1ccc(-c2cccc(N(c3ccccc3)c3ccc4c5c(ccc4c3)-c3c(cc(N(c4ccccc4)c4cccc(-c6ccccc6)c4)c4ccccc34)C53c4ccccc4-c4ccccc43)c2)cc1. The predicted octanol–water partition coefficient (Wildman–Crippen LogP) is 18.6. The summed E-state index contributed by atoms with van der Waals surface area (Å²) in [7, 11) is 0. The minimum atomic E-state index is -0.616. The molecule has 0 bridgehead atoms. The molecule has 2 aliphatic carbocycles. The van der Waals surface area contributed by atoms with Crippen molar-refractivity contribution in [3.05, 3.63) is 301 Å². The van der Waals surface area contributed by atoms with Gasteiger partial charge in [0.15, 0.2) is 0 Å². The Labute approximate surface area is 414 Å². The Morgan fingerprint density at radius 3 is 1.32 bits per heavy atom. The summed E-state index contributed by atoms with van der Waals surface area (Å²) in [4.78, 5) is 4.88. The monoisotopic (exact) mass is 902 g/mol. The maximum Gasteiger partial charge on any atom is 0.0732 e. The number of fused-ring (bicyclic) bond motifs is 14. The summed E-state index contributed by atoms with van der Waals surface area (Å²) >= 11 is 0. The number of rotatable bonds is 8. The Morgan fingerprint density at radius 2 is 0.718 bits per heavy atom. The highest BCUT2D eigenvalue weighted by Gasteiger charge is 2.53. The van der Waals surface area contributed by atoms with Crippen molar-refractivity contribution in [1.82, 2.24) is 0 Å². The second kappa shape index (κ2) is 16.5. The van der Waals surface area contributed by atoms with Gasteiger partial charge in [-0.1, -0.05) is 212 Å². The van der Waals surface area contributed by atoms with Crippen LogP contribution >= 0.6 is 0 Å². The summed E-state index contributed by atoms with van der Waals surface area (Å²) in [6.45, 7) is 0. The van der Waals surface area contributed by atoms with E-state index in [0.717, 1.165) is 34.1 Å². The normalized spacial score (nSPS) is 12.6. The predicted molar refractivity (Wildman–Crippen MR) is 298 cm³/mol. The van der Waals surface area contributed by atoms with E-state index < -0.39 is 5.41 Å². The van der Waals surface area contributed by atoms with Crippen LogP contribution in [0.25, 0.3) is 66.1 Å². The lowest BCUT2D eigenvalue weighted by Crippen LogP contribution is -2.26. The molecule has 2 nitrogen and oxygen atoms in total. The molecule has 12 aromatic carbocycles. The lowest BCUT2D eigenvalue weighted by atomic mass is 9.69. The van der Waals surface area contributed by atoms with E-state index >= 15 is 0 Å². The summed E-state index contributed by atoms with van der Waals surface area (Å²) < 4.78 is 0. The lowest BCUT2D eigenvalue weighted by Gasteiger charge is -2.34. The number of nitrogens with zero attached hydrogens (tertiary/aromatic N) is 2. The molecule has 0 saturated heterocycles. The Kier molecular flexibility index (Phi) is 9.47. The second-order valence-corrected chi connectivity index (χ2v) is 18.8. The molecule has 2 heteroatoms. The highest BCUT2D eigenvalue weighted by atomic mass is 15.1. The summed E-state index contributed by atoms with van der Waals surface area (Å²) in [6.07, 6.45) is 0. The van der Waals surface area contributed by atoms with Crippen LogP contribution in [0.4, 0.5) is 34.1 Å². The molecule has 0 radical (unpaired) electrons. The third-order valence-corrected chi connectivity index (χ3v) is 15.0. The van der Waals surface area contributed by atoms with Crippen LogP contribution in [0.5, 0.6) is 0 Å². The largest absolute Gasteiger partial charge is 0.310 e. The zero-order valence-corrected chi connectivity index (χ0v) is 39.0. The molecule has 2 aliphatic rings. The van der Waals surface area contributed by atoms with Crippen molar-refractivity contribution in [3.63, 3.8) is 0 Å². The van der Waals surface area contributed by atoms with Crippen LogP contribution in [0, 0.1) is 0 Å². The van der Waals surface area contributed by atoms with E-state index in [2.05, 4.69) is 289 Å². The van der Waals surface area contributed by atoms with E-state index in [1.165, 1.54) is 88.3 Å². The third kappa shape index (κ3) is 6.35. The zero-order valence-electron chi connectivity index (χ0n) is 39.0. The molecule has 0 unspecified atom stereocenters. The van der Waals surface area contributed by atoms with E-state index in [1.54, 1.807) is 0 Å². The van der Waals surface area contributed by atoms with E-state index in [0.29, 0.717) is 0 Å². The van der Waals surface area contributed by atoms with Crippen molar-refractivity contribution in [2.75, 3.05) is 9.80 Å². The minimum Gasteiger partial charge on any atom is -0.310 e. The molecule has 0 heterocycles. The number of para-hydroxylation sites is 2. The summed E-state index contributed by atoms with van der Waals surface area (Å²) in [5.74, 6) is 0. The maximum atomic E-state index is 2.55.